The highest BCUT2D eigenvalue weighted by molar-refractivity contribution is 5.03. The molecule has 9 heavy (non-hydrogen) atoms. The fourth-order valence-electron chi connectivity index (χ4n) is 1.89. The normalized spacial score (nSPS) is 48.3. The van der Waals surface area contributed by atoms with Crippen LogP contribution in [-0.4, -0.2) is 25.7 Å². The second-order valence-corrected chi connectivity index (χ2v) is 3.14. The van der Waals surface area contributed by atoms with E-state index < -0.39 is 0 Å². The summed E-state index contributed by atoms with van der Waals surface area (Å²) in [4.78, 5) is 0. The van der Waals surface area contributed by atoms with Gasteiger partial charge < -0.3 is 10.6 Å². The molecule has 2 rings (SSSR count). The molecule has 0 aromatic rings. The summed E-state index contributed by atoms with van der Waals surface area (Å²) in [5.41, 5.74) is 0. The van der Waals surface area contributed by atoms with Gasteiger partial charge in [-0.25, -0.2) is 0 Å². The molecule has 3 atom stereocenters. The second kappa shape index (κ2) is 1.96. The molecule has 0 radical (unpaired) electrons. The zero-order chi connectivity index (χ0) is 6.27. The minimum atomic E-state index is 0.816. The molecule has 2 nitrogen and oxygen atoms in total. The van der Waals surface area contributed by atoms with Crippen molar-refractivity contribution >= 4 is 0 Å². The van der Waals surface area contributed by atoms with Crippen LogP contribution in [0.2, 0.25) is 0 Å². The van der Waals surface area contributed by atoms with Crippen LogP contribution < -0.4 is 10.6 Å². The van der Waals surface area contributed by atoms with Crippen LogP contribution in [0.3, 0.4) is 0 Å². The third-order valence-corrected chi connectivity index (χ3v) is 2.59. The van der Waals surface area contributed by atoms with Crippen molar-refractivity contribution in [3.63, 3.8) is 0 Å². The molecule has 2 aliphatic rings. The van der Waals surface area contributed by atoms with Gasteiger partial charge in [-0.05, 0) is 32.4 Å². The quantitative estimate of drug-likeness (QED) is 0.515. The van der Waals surface area contributed by atoms with Gasteiger partial charge in [0.25, 0.3) is 0 Å². The van der Waals surface area contributed by atoms with E-state index in [1.54, 1.807) is 0 Å². The van der Waals surface area contributed by atoms with Crippen LogP contribution >= 0.6 is 0 Å². The lowest BCUT2D eigenvalue weighted by molar-refractivity contribution is 0.393. The first-order valence-corrected chi connectivity index (χ1v) is 3.82. The summed E-state index contributed by atoms with van der Waals surface area (Å²) in [6, 6.07) is 1.69. The molecule has 3 unspecified atom stereocenters. The third kappa shape index (κ3) is 0.864. The Labute approximate surface area is 56.0 Å². The van der Waals surface area contributed by atoms with Crippen LogP contribution in [0.4, 0.5) is 0 Å². The Bertz CT molecular complexity index is 113. The predicted octanol–water partition coefficient (Wildman–Crippen LogP) is -0.0438. The van der Waals surface area contributed by atoms with E-state index in [-0.39, 0.29) is 0 Å². The van der Waals surface area contributed by atoms with Crippen molar-refractivity contribution in [2.24, 2.45) is 5.92 Å². The van der Waals surface area contributed by atoms with Crippen LogP contribution in [-0.2, 0) is 0 Å². The number of piperidine rings is 1. The summed E-state index contributed by atoms with van der Waals surface area (Å²) in [6.45, 7) is 1.21. The maximum Gasteiger partial charge on any atom is 0.0120 e. The highest BCUT2D eigenvalue weighted by atomic mass is 15.0. The topological polar surface area (TPSA) is 24.1 Å². The molecule has 52 valence electrons. The smallest absolute Gasteiger partial charge is 0.0120 e. The number of nitrogens with one attached hydrogen (secondary N) is 2. The van der Waals surface area contributed by atoms with E-state index in [1.165, 1.54) is 19.4 Å². The van der Waals surface area contributed by atoms with Crippen molar-refractivity contribution in [3.8, 4) is 0 Å². The molecule has 1 saturated heterocycles. The Morgan fingerprint density at radius 2 is 2.44 bits per heavy atom. The van der Waals surface area contributed by atoms with Gasteiger partial charge in [-0.15, -0.1) is 0 Å². The Morgan fingerprint density at radius 3 is 3.11 bits per heavy atom. The summed E-state index contributed by atoms with van der Waals surface area (Å²) < 4.78 is 0. The minimum absolute atomic E-state index is 0.816. The maximum atomic E-state index is 3.48. The van der Waals surface area contributed by atoms with Gasteiger partial charge in [0.1, 0.15) is 0 Å². The molecular weight excluding hydrogens is 112 g/mol. The van der Waals surface area contributed by atoms with Crippen molar-refractivity contribution in [1.29, 1.82) is 0 Å². The lowest BCUT2D eigenvalue weighted by Gasteiger charge is -2.20. The Hall–Kier alpha value is -0.0800. The summed E-state index contributed by atoms with van der Waals surface area (Å²) in [5.74, 6) is 0.962. The molecule has 1 aliphatic carbocycles. The van der Waals surface area contributed by atoms with Gasteiger partial charge in [0.05, 0.1) is 0 Å². The molecule has 0 spiro atoms. The number of fused-ring (bicyclic) bond motifs is 1. The van der Waals surface area contributed by atoms with E-state index in [9.17, 15) is 0 Å². The average Bonchev–Trinajstić information content (AvgIpc) is 2.64. The lowest BCUT2D eigenvalue weighted by Crippen LogP contribution is -2.39. The summed E-state index contributed by atoms with van der Waals surface area (Å²) in [5, 5.41) is 6.84. The highest BCUT2D eigenvalue weighted by Crippen LogP contribution is 2.37. The number of hydrogen-bond donors (Lipinski definition) is 2. The van der Waals surface area contributed by atoms with Crippen molar-refractivity contribution in [1.82, 2.24) is 10.6 Å². The zero-order valence-electron chi connectivity index (χ0n) is 5.85. The Kier molecular flexibility index (Phi) is 1.24. The van der Waals surface area contributed by atoms with Gasteiger partial charge in [0, 0.05) is 12.1 Å². The monoisotopic (exact) mass is 126 g/mol. The van der Waals surface area contributed by atoms with Crippen LogP contribution in [0.1, 0.15) is 12.8 Å². The van der Waals surface area contributed by atoms with Crippen molar-refractivity contribution in [3.05, 3.63) is 0 Å². The summed E-state index contributed by atoms with van der Waals surface area (Å²) >= 11 is 0. The first kappa shape index (κ1) is 5.69. The Morgan fingerprint density at radius 1 is 1.56 bits per heavy atom. The van der Waals surface area contributed by atoms with Crippen LogP contribution in [0, 0.1) is 5.92 Å². The van der Waals surface area contributed by atoms with Crippen molar-refractivity contribution < 1.29 is 0 Å². The maximum absolute atomic E-state index is 3.48. The molecule has 1 aliphatic heterocycles. The standard InChI is InChI=1S/C7H14N2/c1-8-6-2-3-9-7-4-5(6)7/h5-9H,2-4H2,1H3. The molecule has 0 aromatic heterocycles. The third-order valence-electron chi connectivity index (χ3n) is 2.59. The minimum Gasteiger partial charge on any atom is -0.317 e. The van der Waals surface area contributed by atoms with E-state index in [1.807, 2.05) is 0 Å². The first-order chi connectivity index (χ1) is 4.42. The SMILES string of the molecule is CNC1CCNC2CC12. The van der Waals surface area contributed by atoms with Gasteiger partial charge >= 0.3 is 0 Å². The van der Waals surface area contributed by atoms with Crippen molar-refractivity contribution in [2.45, 2.75) is 24.9 Å². The summed E-state index contributed by atoms with van der Waals surface area (Å²) in [6.07, 6.45) is 2.73. The second-order valence-electron chi connectivity index (χ2n) is 3.14. The average molecular weight is 126 g/mol. The number of hydrogen-bond acceptors (Lipinski definition) is 2. The number of rotatable bonds is 1. The molecule has 2 fully saturated rings. The van der Waals surface area contributed by atoms with Gasteiger partial charge in [0.15, 0.2) is 0 Å². The van der Waals surface area contributed by atoms with Gasteiger partial charge in [-0.1, -0.05) is 0 Å². The zero-order valence-corrected chi connectivity index (χ0v) is 5.85. The molecule has 2 heteroatoms. The molecule has 2 N–H and O–H groups in total. The fraction of sp³-hybridized carbons (Fsp3) is 1.00. The molecule has 1 saturated carbocycles. The van der Waals surface area contributed by atoms with E-state index in [0.717, 1.165) is 18.0 Å². The van der Waals surface area contributed by atoms with Gasteiger partial charge in [-0.3, -0.25) is 0 Å². The largest absolute Gasteiger partial charge is 0.317 e. The predicted molar refractivity (Wildman–Crippen MR) is 37.4 cm³/mol. The van der Waals surface area contributed by atoms with E-state index >= 15 is 0 Å². The van der Waals surface area contributed by atoms with Crippen LogP contribution in [0.5, 0.6) is 0 Å². The molecule has 0 amide bonds. The fourth-order valence-corrected chi connectivity index (χ4v) is 1.89. The van der Waals surface area contributed by atoms with Crippen LogP contribution in [0.15, 0.2) is 0 Å². The first-order valence-electron chi connectivity index (χ1n) is 3.82. The van der Waals surface area contributed by atoms with Gasteiger partial charge in [0.2, 0.25) is 0 Å². The van der Waals surface area contributed by atoms with E-state index in [0.29, 0.717) is 0 Å². The molecular formula is C7H14N2. The lowest BCUT2D eigenvalue weighted by atomic mass is 10.1. The van der Waals surface area contributed by atoms with E-state index in [2.05, 4.69) is 17.7 Å². The Balaban J connectivity index is 1.93. The van der Waals surface area contributed by atoms with E-state index in [4.69, 9.17) is 0 Å². The van der Waals surface area contributed by atoms with Gasteiger partial charge in [-0.2, -0.15) is 0 Å². The molecule has 0 aromatic carbocycles. The summed E-state index contributed by atoms with van der Waals surface area (Å²) in [7, 11) is 2.07. The molecule has 1 heterocycles. The molecule has 0 bridgehead atoms. The van der Waals surface area contributed by atoms with Crippen molar-refractivity contribution in [2.75, 3.05) is 13.6 Å². The van der Waals surface area contributed by atoms with Crippen LogP contribution in [0.25, 0.3) is 0 Å². The highest BCUT2D eigenvalue weighted by Gasteiger charge is 2.44.